The molecule has 162 valence electrons. The van der Waals surface area contributed by atoms with E-state index >= 15 is 0 Å². The van der Waals surface area contributed by atoms with E-state index in [1.807, 2.05) is 23.1 Å². The van der Waals surface area contributed by atoms with E-state index < -0.39 is 0 Å². The highest BCUT2D eigenvalue weighted by atomic mass is 127. The summed E-state index contributed by atoms with van der Waals surface area (Å²) in [5.41, 5.74) is 6.32. The molecule has 0 amide bonds. The quantitative estimate of drug-likeness (QED) is 0.191. The minimum Gasteiger partial charge on any atom is -0.361 e. The number of aromatic amines is 1. The van der Waals surface area contributed by atoms with Gasteiger partial charge in [0.2, 0.25) is 0 Å². The van der Waals surface area contributed by atoms with E-state index in [2.05, 4.69) is 81.3 Å². The second-order valence-electron chi connectivity index (χ2n) is 7.39. The average Bonchev–Trinajstić information content (AvgIpc) is 3.42. The fraction of sp³-hybridized carbons (Fsp3) is 0.250. The van der Waals surface area contributed by atoms with Crippen molar-refractivity contribution in [1.29, 1.82) is 0 Å². The molecule has 0 aliphatic rings. The third-order valence-corrected chi connectivity index (χ3v) is 5.36. The molecule has 3 N–H and O–H groups in total. The Labute approximate surface area is 200 Å². The van der Waals surface area contributed by atoms with Crippen molar-refractivity contribution in [3.05, 3.63) is 89.4 Å². The molecule has 0 atom stereocenters. The molecule has 0 saturated heterocycles. The summed E-state index contributed by atoms with van der Waals surface area (Å²) in [6.07, 6.45) is 6.83. The van der Waals surface area contributed by atoms with Gasteiger partial charge in [0.25, 0.3) is 0 Å². The number of fused-ring (bicyclic) bond motifs is 1. The van der Waals surface area contributed by atoms with Crippen molar-refractivity contribution in [1.82, 2.24) is 25.4 Å². The van der Waals surface area contributed by atoms with Gasteiger partial charge in [-0.2, -0.15) is 5.10 Å². The molecule has 0 bridgehead atoms. The van der Waals surface area contributed by atoms with E-state index in [9.17, 15) is 0 Å². The molecule has 2 aromatic heterocycles. The summed E-state index contributed by atoms with van der Waals surface area (Å²) in [5.74, 6) is 0.806. The first-order valence-corrected chi connectivity index (χ1v) is 10.3. The average molecular weight is 528 g/mol. The lowest BCUT2D eigenvalue weighted by molar-refractivity contribution is 0.677. The predicted molar refractivity (Wildman–Crippen MR) is 138 cm³/mol. The van der Waals surface area contributed by atoms with Gasteiger partial charge < -0.3 is 15.6 Å². The second kappa shape index (κ2) is 11.0. The Kier molecular flexibility index (Phi) is 8.11. The van der Waals surface area contributed by atoms with Gasteiger partial charge in [-0.25, -0.2) is 0 Å². The van der Waals surface area contributed by atoms with E-state index in [1.165, 1.54) is 33.2 Å². The monoisotopic (exact) mass is 528 g/mol. The first-order valence-electron chi connectivity index (χ1n) is 10.3. The van der Waals surface area contributed by atoms with Crippen LogP contribution in [0.3, 0.4) is 0 Å². The fourth-order valence-electron chi connectivity index (χ4n) is 3.82. The summed E-state index contributed by atoms with van der Waals surface area (Å²) in [6.45, 7) is 4.45. The van der Waals surface area contributed by atoms with Crippen LogP contribution in [0.2, 0.25) is 0 Å². The number of aryl methyl sites for hydroxylation is 1. The minimum atomic E-state index is 0. The maximum Gasteiger partial charge on any atom is 0.191 e. The molecule has 2 heterocycles. The number of guanidine groups is 1. The molecule has 31 heavy (non-hydrogen) atoms. The maximum atomic E-state index is 4.38. The number of hydrogen-bond acceptors (Lipinski definition) is 2. The molecule has 2 aromatic carbocycles. The second-order valence-corrected chi connectivity index (χ2v) is 7.39. The van der Waals surface area contributed by atoms with Crippen molar-refractivity contribution in [2.24, 2.45) is 4.99 Å². The zero-order valence-electron chi connectivity index (χ0n) is 17.9. The molecule has 0 saturated carbocycles. The van der Waals surface area contributed by atoms with Gasteiger partial charge in [0.15, 0.2) is 5.96 Å². The zero-order valence-corrected chi connectivity index (χ0v) is 20.3. The van der Waals surface area contributed by atoms with Crippen molar-refractivity contribution in [2.45, 2.75) is 26.4 Å². The van der Waals surface area contributed by atoms with E-state index in [0.717, 1.165) is 25.5 Å². The molecule has 0 fully saturated rings. The van der Waals surface area contributed by atoms with Crippen LogP contribution in [0.1, 0.15) is 22.3 Å². The molecule has 6 nitrogen and oxygen atoms in total. The van der Waals surface area contributed by atoms with Gasteiger partial charge in [-0.15, -0.1) is 24.0 Å². The predicted octanol–water partition coefficient (Wildman–Crippen LogP) is 4.25. The summed E-state index contributed by atoms with van der Waals surface area (Å²) < 4.78 is 1.94. The van der Waals surface area contributed by atoms with Crippen molar-refractivity contribution in [3.8, 4) is 0 Å². The fourth-order valence-corrected chi connectivity index (χ4v) is 3.82. The molecule has 0 spiro atoms. The number of aliphatic imine (C=N–C) groups is 1. The van der Waals surface area contributed by atoms with Crippen LogP contribution in [0.4, 0.5) is 0 Å². The third kappa shape index (κ3) is 5.66. The number of halogens is 1. The molecule has 4 rings (SSSR count). The highest BCUT2D eigenvalue weighted by molar-refractivity contribution is 14.0. The van der Waals surface area contributed by atoms with Gasteiger partial charge in [0.05, 0.1) is 6.54 Å². The van der Waals surface area contributed by atoms with Gasteiger partial charge in [0, 0.05) is 49.6 Å². The van der Waals surface area contributed by atoms with E-state index in [-0.39, 0.29) is 24.0 Å². The molecule has 7 heteroatoms. The van der Waals surface area contributed by atoms with Crippen LogP contribution in [0, 0.1) is 6.92 Å². The van der Waals surface area contributed by atoms with Crippen LogP contribution in [-0.2, 0) is 19.5 Å². The third-order valence-electron chi connectivity index (χ3n) is 5.36. The van der Waals surface area contributed by atoms with E-state index in [1.54, 1.807) is 7.05 Å². The van der Waals surface area contributed by atoms with Gasteiger partial charge in [-0.3, -0.25) is 9.67 Å². The first-order chi connectivity index (χ1) is 14.7. The van der Waals surface area contributed by atoms with Gasteiger partial charge in [0.1, 0.15) is 0 Å². The summed E-state index contributed by atoms with van der Waals surface area (Å²) >= 11 is 0. The van der Waals surface area contributed by atoms with Gasteiger partial charge in [-0.1, -0.05) is 36.4 Å². The standard InChI is InChI=1S/C24H28N6.HI/c1-18-7-5-10-22-23(18)20(16-27-22)11-13-26-24(25-2)28-15-19-8-3-4-9-21(19)17-30-14-6-12-29-30;/h3-10,12,14,16,27H,11,13,15,17H2,1-2H3,(H2,25,26,28);1H. The van der Waals surface area contributed by atoms with Crippen LogP contribution < -0.4 is 10.6 Å². The van der Waals surface area contributed by atoms with Gasteiger partial charge >= 0.3 is 0 Å². The van der Waals surface area contributed by atoms with Crippen LogP contribution in [0.5, 0.6) is 0 Å². The zero-order chi connectivity index (χ0) is 20.8. The number of H-pyrrole nitrogens is 1. The molecule has 4 aromatic rings. The Bertz CT molecular complexity index is 1130. The molecule has 0 unspecified atom stereocenters. The normalized spacial score (nSPS) is 11.4. The van der Waals surface area contributed by atoms with Crippen molar-refractivity contribution in [2.75, 3.05) is 13.6 Å². The Hall–Kier alpha value is -2.81. The number of benzene rings is 2. The van der Waals surface area contributed by atoms with Crippen LogP contribution in [-0.4, -0.2) is 34.3 Å². The largest absolute Gasteiger partial charge is 0.361 e. The SMILES string of the molecule is CN=C(NCCc1c[nH]c2cccc(C)c12)NCc1ccccc1Cn1cccn1.I. The van der Waals surface area contributed by atoms with Crippen molar-refractivity contribution >= 4 is 40.8 Å². The Balaban J connectivity index is 0.00000272. The lowest BCUT2D eigenvalue weighted by Gasteiger charge is -2.14. The number of aromatic nitrogens is 3. The molecule has 0 aliphatic heterocycles. The number of nitrogens with zero attached hydrogens (tertiary/aromatic N) is 3. The Morgan fingerprint density at radius 1 is 1.03 bits per heavy atom. The highest BCUT2D eigenvalue weighted by Gasteiger charge is 2.07. The van der Waals surface area contributed by atoms with Crippen molar-refractivity contribution in [3.63, 3.8) is 0 Å². The smallest absolute Gasteiger partial charge is 0.191 e. The van der Waals surface area contributed by atoms with Crippen LogP contribution in [0.25, 0.3) is 10.9 Å². The number of hydrogen-bond donors (Lipinski definition) is 3. The summed E-state index contributed by atoms with van der Waals surface area (Å²) in [7, 11) is 1.81. The summed E-state index contributed by atoms with van der Waals surface area (Å²) in [6, 6.07) is 16.8. The van der Waals surface area contributed by atoms with Crippen LogP contribution >= 0.6 is 24.0 Å². The molecule has 0 aliphatic carbocycles. The summed E-state index contributed by atoms with van der Waals surface area (Å²) in [5, 5.41) is 12.5. The molecule has 0 radical (unpaired) electrons. The maximum absolute atomic E-state index is 4.38. The van der Waals surface area contributed by atoms with E-state index in [0.29, 0.717) is 6.54 Å². The Morgan fingerprint density at radius 3 is 2.65 bits per heavy atom. The Morgan fingerprint density at radius 2 is 1.87 bits per heavy atom. The molecular formula is C24H29IN6. The highest BCUT2D eigenvalue weighted by Crippen LogP contribution is 2.22. The number of rotatable bonds is 7. The van der Waals surface area contributed by atoms with E-state index in [4.69, 9.17) is 0 Å². The van der Waals surface area contributed by atoms with Gasteiger partial charge in [-0.05, 0) is 47.7 Å². The lowest BCUT2D eigenvalue weighted by atomic mass is 10.1. The summed E-state index contributed by atoms with van der Waals surface area (Å²) in [4.78, 5) is 7.75. The number of nitrogens with one attached hydrogen (secondary N) is 3. The first kappa shape index (κ1) is 22.9. The lowest BCUT2D eigenvalue weighted by Crippen LogP contribution is -2.38. The van der Waals surface area contributed by atoms with Crippen LogP contribution in [0.15, 0.2) is 72.1 Å². The minimum absolute atomic E-state index is 0. The molecular weight excluding hydrogens is 499 g/mol. The topological polar surface area (TPSA) is 70.0 Å². The van der Waals surface area contributed by atoms with Crippen molar-refractivity contribution < 1.29 is 0 Å².